The summed E-state index contributed by atoms with van der Waals surface area (Å²) >= 11 is 12.0. The predicted molar refractivity (Wildman–Crippen MR) is 79.4 cm³/mol. The summed E-state index contributed by atoms with van der Waals surface area (Å²) in [6, 6.07) is 8.08. The lowest BCUT2D eigenvalue weighted by molar-refractivity contribution is 0.0697. The van der Waals surface area contributed by atoms with Gasteiger partial charge in [0.25, 0.3) is 0 Å². The van der Waals surface area contributed by atoms with E-state index in [1.807, 2.05) is 26.0 Å². The highest BCUT2D eigenvalue weighted by molar-refractivity contribution is 6.33. The fourth-order valence-corrected chi connectivity index (χ4v) is 2.19. The van der Waals surface area contributed by atoms with Crippen LogP contribution in [0.25, 0.3) is 0 Å². The Kier molecular flexibility index (Phi) is 4.21. The van der Waals surface area contributed by atoms with Crippen molar-refractivity contribution >= 4 is 29.2 Å². The molecule has 0 aliphatic carbocycles. The molecule has 5 heteroatoms. The minimum Gasteiger partial charge on any atom is -0.478 e. The molecule has 0 bridgehead atoms. The molecule has 20 heavy (non-hydrogen) atoms. The molecule has 2 aromatic carbocycles. The summed E-state index contributed by atoms with van der Waals surface area (Å²) in [7, 11) is 0. The number of benzene rings is 2. The zero-order valence-electron chi connectivity index (χ0n) is 10.9. The fourth-order valence-electron chi connectivity index (χ4n) is 1.83. The lowest BCUT2D eigenvalue weighted by Gasteiger charge is -2.10. The molecule has 104 valence electrons. The van der Waals surface area contributed by atoms with Gasteiger partial charge >= 0.3 is 5.97 Å². The van der Waals surface area contributed by atoms with Gasteiger partial charge in [-0.2, -0.15) is 0 Å². The van der Waals surface area contributed by atoms with E-state index in [0.29, 0.717) is 16.5 Å². The van der Waals surface area contributed by atoms with Crippen LogP contribution in [0.5, 0.6) is 11.5 Å². The topological polar surface area (TPSA) is 46.5 Å². The van der Waals surface area contributed by atoms with Crippen LogP contribution >= 0.6 is 23.2 Å². The Balaban J connectivity index is 2.31. The maximum atomic E-state index is 10.9. The first-order valence-electron chi connectivity index (χ1n) is 5.86. The molecule has 2 aromatic rings. The fraction of sp³-hybridized carbons (Fsp3) is 0.133. The number of halogens is 2. The van der Waals surface area contributed by atoms with Gasteiger partial charge in [0.2, 0.25) is 0 Å². The number of carbonyl (C=O) groups is 1. The van der Waals surface area contributed by atoms with Crippen molar-refractivity contribution in [1.29, 1.82) is 0 Å². The second kappa shape index (κ2) is 5.73. The maximum absolute atomic E-state index is 10.9. The summed E-state index contributed by atoms with van der Waals surface area (Å²) in [5.41, 5.74) is 1.87. The van der Waals surface area contributed by atoms with Crippen LogP contribution in [0, 0.1) is 13.8 Å². The van der Waals surface area contributed by atoms with Crippen LogP contribution in [0.3, 0.4) is 0 Å². The molecule has 0 amide bonds. The average Bonchev–Trinajstić information content (AvgIpc) is 2.35. The quantitative estimate of drug-likeness (QED) is 0.857. The molecular weight excluding hydrogens is 299 g/mol. The SMILES string of the molecule is Cc1cc(Oc2ccc(C(=O)O)c(Cl)c2)cc(C)c1Cl. The van der Waals surface area contributed by atoms with Crippen molar-refractivity contribution in [2.24, 2.45) is 0 Å². The zero-order valence-corrected chi connectivity index (χ0v) is 12.4. The first-order valence-corrected chi connectivity index (χ1v) is 6.61. The maximum Gasteiger partial charge on any atom is 0.337 e. The lowest BCUT2D eigenvalue weighted by Crippen LogP contribution is -1.97. The molecule has 2 rings (SSSR count). The van der Waals surface area contributed by atoms with Crippen LogP contribution in [0.15, 0.2) is 30.3 Å². The average molecular weight is 311 g/mol. The Bertz CT molecular complexity index is 658. The molecule has 0 aliphatic rings. The highest BCUT2D eigenvalue weighted by Crippen LogP contribution is 2.31. The second-order valence-electron chi connectivity index (χ2n) is 4.42. The van der Waals surface area contributed by atoms with E-state index in [9.17, 15) is 4.79 Å². The van der Waals surface area contributed by atoms with Crippen molar-refractivity contribution in [1.82, 2.24) is 0 Å². The van der Waals surface area contributed by atoms with Crippen molar-refractivity contribution in [3.8, 4) is 11.5 Å². The van der Waals surface area contributed by atoms with Gasteiger partial charge in [-0.3, -0.25) is 0 Å². The van der Waals surface area contributed by atoms with Crippen molar-refractivity contribution in [2.75, 3.05) is 0 Å². The molecule has 0 unspecified atom stereocenters. The number of ether oxygens (including phenoxy) is 1. The minimum absolute atomic E-state index is 0.0440. The number of carboxylic acids is 1. The second-order valence-corrected chi connectivity index (χ2v) is 5.21. The van der Waals surface area contributed by atoms with Gasteiger partial charge in [-0.05, 0) is 49.2 Å². The smallest absolute Gasteiger partial charge is 0.337 e. The molecule has 0 fully saturated rings. The van der Waals surface area contributed by atoms with Crippen LogP contribution in [0.1, 0.15) is 21.5 Å². The molecule has 0 spiro atoms. The Hall–Kier alpha value is -1.71. The lowest BCUT2D eigenvalue weighted by atomic mass is 10.1. The largest absolute Gasteiger partial charge is 0.478 e. The van der Waals surface area contributed by atoms with Gasteiger partial charge < -0.3 is 9.84 Å². The molecule has 0 saturated carbocycles. The van der Waals surface area contributed by atoms with Crippen LogP contribution in [0.4, 0.5) is 0 Å². The molecule has 0 aromatic heterocycles. The normalized spacial score (nSPS) is 10.4. The summed E-state index contributed by atoms with van der Waals surface area (Å²) in [6.07, 6.45) is 0. The van der Waals surface area contributed by atoms with E-state index in [4.69, 9.17) is 33.0 Å². The van der Waals surface area contributed by atoms with E-state index in [0.717, 1.165) is 11.1 Å². The predicted octanol–water partition coefficient (Wildman–Crippen LogP) is 5.10. The Morgan fingerprint density at radius 2 is 1.65 bits per heavy atom. The van der Waals surface area contributed by atoms with Crippen LogP contribution in [0.2, 0.25) is 10.0 Å². The van der Waals surface area contributed by atoms with Gasteiger partial charge in [0.1, 0.15) is 11.5 Å². The van der Waals surface area contributed by atoms with Gasteiger partial charge in [-0.1, -0.05) is 23.2 Å². The number of aryl methyl sites for hydroxylation is 2. The molecule has 3 nitrogen and oxygen atoms in total. The number of aromatic carboxylic acids is 1. The van der Waals surface area contributed by atoms with Crippen LogP contribution < -0.4 is 4.74 Å². The van der Waals surface area contributed by atoms with E-state index in [-0.39, 0.29) is 10.6 Å². The molecular formula is C15H12Cl2O3. The summed E-state index contributed by atoms with van der Waals surface area (Å²) in [4.78, 5) is 10.9. The van der Waals surface area contributed by atoms with E-state index in [2.05, 4.69) is 0 Å². The number of hydrogen-bond donors (Lipinski definition) is 1. The summed E-state index contributed by atoms with van der Waals surface area (Å²) in [5, 5.41) is 9.75. The Labute approximate surface area is 126 Å². The zero-order chi connectivity index (χ0) is 14.9. The van der Waals surface area contributed by atoms with E-state index < -0.39 is 5.97 Å². The minimum atomic E-state index is -1.07. The molecule has 1 N–H and O–H groups in total. The number of carboxylic acid groups (broad SMARTS) is 1. The van der Waals surface area contributed by atoms with Crippen molar-refractivity contribution in [2.45, 2.75) is 13.8 Å². The van der Waals surface area contributed by atoms with Crippen molar-refractivity contribution < 1.29 is 14.6 Å². The Morgan fingerprint density at radius 1 is 1.05 bits per heavy atom. The number of rotatable bonds is 3. The molecule has 0 atom stereocenters. The third kappa shape index (κ3) is 3.06. The van der Waals surface area contributed by atoms with Crippen molar-refractivity contribution in [3.63, 3.8) is 0 Å². The molecule has 0 radical (unpaired) electrons. The van der Waals surface area contributed by atoms with Gasteiger partial charge in [-0.15, -0.1) is 0 Å². The monoisotopic (exact) mass is 310 g/mol. The molecule has 0 heterocycles. The van der Waals surface area contributed by atoms with Gasteiger partial charge in [-0.25, -0.2) is 4.79 Å². The van der Waals surface area contributed by atoms with E-state index in [1.165, 1.54) is 12.1 Å². The number of hydrogen-bond acceptors (Lipinski definition) is 2. The molecule has 0 aliphatic heterocycles. The summed E-state index contributed by atoms with van der Waals surface area (Å²) < 4.78 is 5.67. The Morgan fingerprint density at radius 3 is 2.15 bits per heavy atom. The third-order valence-corrected chi connectivity index (χ3v) is 3.73. The standard InChI is InChI=1S/C15H12Cl2O3/c1-8-5-11(6-9(2)14(8)17)20-10-3-4-12(15(18)19)13(16)7-10/h3-7H,1-2H3,(H,18,19). The summed E-state index contributed by atoms with van der Waals surface area (Å²) in [5.74, 6) is 0.0318. The van der Waals surface area contributed by atoms with Crippen LogP contribution in [-0.4, -0.2) is 11.1 Å². The first-order chi connectivity index (χ1) is 9.38. The summed E-state index contributed by atoms with van der Waals surface area (Å²) in [6.45, 7) is 3.78. The van der Waals surface area contributed by atoms with Gasteiger partial charge in [0.15, 0.2) is 0 Å². The van der Waals surface area contributed by atoms with Crippen molar-refractivity contribution in [3.05, 3.63) is 57.1 Å². The van der Waals surface area contributed by atoms with Gasteiger partial charge in [0, 0.05) is 11.1 Å². The highest BCUT2D eigenvalue weighted by Gasteiger charge is 2.10. The highest BCUT2D eigenvalue weighted by atomic mass is 35.5. The van der Waals surface area contributed by atoms with Gasteiger partial charge in [0.05, 0.1) is 10.6 Å². The third-order valence-electron chi connectivity index (χ3n) is 2.82. The van der Waals surface area contributed by atoms with Crippen LogP contribution in [-0.2, 0) is 0 Å². The van der Waals surface area contributed by atoms with E-state index >= 15 is 0 Å². The van der Waals surface area contributed by atoms with E-state index in [1.54, 1.807) is 6.07 Å². The first kappa shape index (κ1) is 14.7. The molecule has 0 saturated heterocycles.